The molecule has 148 valence electrons. The summed E-state index contributed by atoms with van der Waals surface area (Å²) >= 11 is 0. The molecule has 1 amide bonds. The lowest BCUT2D eigenvalue weighted by molar-refractivity contribution is -0.146. The van der Waals surface area contributed by atoms with Crippen molar-refractivity contribution in [1.29, 1.82) is 0 Å². The van der Waals surface area contributed by atoms with Gasteiger partial charge >= 0.3 is 0 Å². The number of morpholine rings is 1. The van der Waals surface area contributed by atoms with E-state index in [2.05, 4.69) is 22.0 Å². The molecule has 7 nitrogen and oxygen atoms in total. The van der Waals surface area contributed by atoms with Gasteiger partial charge in [0.05, 0.1) is 38.8 Å². The Morgan fingerprint density at radius 1 is 1.21 bits per heavy atom. The molecule has 1 atom stereocenters. The van der Waals surface area contributed by atoms with Crippen molar-refractivity contribution in [1.82, 2.24) is 9.88 Å². The van der Waals surface area contributed by atoms with Crippen LogP contribution in [0.2, 0.25) is 0 Å². The molecule has 0 radical (unpaired) electrons. The van der Waals surface area contributed by atoms with E-state index in [1.165, 1.54) is 5.56 Å². The molecule has 1 spiro atoms. The fourth-order valence-electron chi connectivity index (χ4n) is 3.75. The number of methoxy groups -OCH3 is 1. The van der Waals surface area contributed by atoms with Gasteiger partial charge in [-0.3, -0.25) is 14.7 Å². The van der Waals surface area contributed by atoms with E-state index in [1.807, 2.05) is 24.3 Å². The summed E-state index contributed by atoms with van der Waals surface area (Å²) in [5.74, 6) is 0.797. The van der Waals surface area contributed by atoms with Crippen LogP contribution in [0.15, 0.2) is 48.8 Å². The fourth-order valence-corrected chi connectivity index (χ4v) is 3.75. The summed E-state index contributed by atoms with van der Waals surface area (Å²) in [6, 6.07) is 11.8. The van der Waals surface area contributed by atoms with Crippen LogP contribution in [-0.4, -0.2) is 68.0 Å². The molecule has 4 rings (SSSR count). The van der Waals surface area contributed by atoms with Crippen LogP contribution in [0.25, 0.3) is 0 Å². The molecule has 1 unspecified atom stereocenters. The van der Waals surface area contributed by atoms with Crippen molar-refractivity contribution in [2.75, 3.05) is 51.5 Å². The number of hydrogen-bond donors (Lipinski definition) is 0. The van der Waals surface area contributed by atoms with E-state index < -0.39 is 5.60 Å². The van der Waals surface area contributed by atoms with E-state index in [4.69, 9.17) is 14.2 Å². The second kappa shape index (κ2) is 8.26. The minimum atomic E-state index is -0.549. The number of pyridine rings is 1. The van der Waals surface area contributed by atoms with Crippen LogP contribution in [0.4, 0.5) is 5.69 Å². The van der Waals surface area contributed by atoms with Crippen molar-refractivity contribution in [3.8, 4) is 5.75 Å². The lowest BCUT2D eigenvalue weighted by Crippen LogP contribution is -2.60. The molecule has 28 heavy (non-hydrogen) atoms. The third-order valence-corrected chi connectivity index (χ3v) is 5.20. The smallest absolute Gasteiger partial charge is 0.253 e. The van der Waals surface area contributed by atoms with E-state index in [1.54, 1.807) is 24.4 Å². The molecule has 3 heterocycles. The Labute approximate surface area is 164 Å². The van der Waals surface area contributed by atoms with Gasteiger partial charge in [0.2, 0.25) is 0 Å². The van der Waals surface area contributed by atoms with Gasteiger partial charge in [-0.05, 0) is 29.8 Å². The van der Waals surface area contributed by atoms with Crippen LogP contribution in [0, 0.1) is 0 Å². The summed E-state index contributed by atoms with van der Waals surface area (Å²) in [6.45, 7) is 3.92. The maximum Gasteiger partial charge on any atom is 0.253 e. The third kappa shape index (κ3) is 4.16. The van der Waals surface area contributed by atoms with Crippen molar-refractivity contribution >= 4 is 11.6 Å². The highest BCUT2D eigenvalue weighted by molar-refractivity contribution is 5.95. The molecule has 0 aliphatic carbocycles. The topological polar surface area (TPSA) is 64.1 Å². The fraction of sp³-hybridized carbons (Fsp3) is 0.429. The van der Waals surface area contributed by atoms with Gasteiger partial charge in [-0.1, -0.05) is 12.1 Å². The third-order valence-electron chi connectivity index (χ3n) is 5.20. The number of hydrogen-bond acceptors (Lipinski definition) is 6. The molecule has 1 aromatic carbocycles. The first-order chi connectivity index (χ1) is 13.7. The Morgan fingerprint density at radius 2 is 2.07 bits per heavy atom. The van der Waals surface area contributed by atoms with Crippen LogP contribution in [-0.2, 0) is 20.8 Å². The van der Waals surface area contributed by atoms with Crippen LogP contribution in [0.3, 0.4) is 0 Å². The highest BCUT2D eigenvalue weighted by Crippen LogP contribution is 2.27. The van der Waals surface area contributed by atoms with Crippen molar-refractivity contribution in [2.24, 2.45) is 0 Å². The van der Waals surface area contributed by atoms with Gasteiger partial charge in [-0.15, -0.1) is 0 Å². The summed E-state index contributed by atoms with van der Waals surface area (Å²) in [6.07, 6.45) is 3.42. The van der Waals surface area contributed by atoms with Gasteiger partial charge in [0, 0.05) is 25.8 Å². The average molecular weight is 383 g/mol. The normalized spacial score (nSPS) is 23.6. The Balaban J connectivity index is 1.50. The lowest BCUT2D eigenvalue weighted by Gasteiger charge is -2.43. The van der Waals surface area contributed by atoms with Gasteiger partial charge in [-0.25, -0.2) is 0 Å². The standard InChI is InChI=1S/C21H25N3O4/c1-26-19-6-4-17(5-7-19)12-23-9-10-27-16-21(14-23)15-24(20(25)13-28-21)18-3-2-8-22-11-18/h2-8,11H,9-10,12-16H2,1H3. The first kappa shape index (κ1) is 18.9. The van der Waals surface area contributed by atoms with Gasteiger partial charge in [0.25, 0.3) is 5.91 Å². The number of anilines is 1. The Morgan fingerprint density at radius 3 is 2.82 bits per heavy atom. The van der Waals surface area contributed by atoms with E-state index in [-0.39, 0.29) is 12.5 Å². The zero-order valence-corrected chi connectivity index (χ0v) is 16.0. The summed E-state index contributed by atoms with van der Waals surface area (Å²) in [5.41, 5.74) is 1.45. The molecule has 0 N–H and O–H groups in total. The summed E-state index contributed by atoms with van der Waals surface area (Å²) in [4.78, 5) is 20.7. The quantitative estimate of drug-likeness (QED) is 0.801. The number of nitrogens with zero attached hydrogens (tertiary/aromatic N) is 3. The highest BCUT2D eigenvalue weighted by Gasteiger charge is 2.43. The molecule has 0 saturated carbocycles. The molecule has 7 heteroatoms. The van der Waals surface area contributed by atoms with Gasteiger partial charge in [-0.2, -0.15) is 0 Å². The van der Waals surface area contributed by atoms with Crippen LogP contribution in [0.1, 0.15) is 5.56 Å². The summed E-state index contributed by atoms with van der Waals surface area (Å²) in [7, 11) is 1.67. The first-order valence-electron chi connectivity index (χ1n) is 9.45. The first-order valence-corrected chi connectivity index (χ1v) is 9.45. The van der Waals surface area contributed by atoms with Crippen molar-refractivity contribution in [2.45, 2.75) is 12.1 Å². The molecule has 2 saturated heterocycles. The number of carbonyl (C=O) groups excluding carboxylic acids is 1. The SMILES string of the molecule is COc1ccc(CN2CCOCC3(C2)CN(c2cccnc2)C(=O)CO3)cc1. The molecular weight excluding hydrogens is 358 g/mol. The number of rotatable bonds is 4. The Kier molecular flexibility index (Phi) is 5.57. The van der Waals surface area contributed by atoms with Gasteiger partial charge < -0.3 is 19.1 Å². The van der Waals surface area contributed by atoms with E-state index in [0.29, 0.717) is 26.3 Å². The second-order valence-electron chi connectivity index (χ2n) is 7.27. The van der Waals surface area contributed by atoms with Crippen LogP contribution >= 0.6 is 0 Å². The maximum atomic E-state index is 12.4. The molecule has 2 aromatic rings. The molecule has 2 aliphatic rings. The zero-order chi connectivity index (χ0) is 19.4. The van der Waals surface area contributed by atoms with Crippen LogP contribution < -0.4 is 9.64 Å². The maximum absolute atomic E-state index is 12.4. The minimum absolute atomic E-state index is 0.0502. The molecule has 2 aliphatic heterocycles. The van der Waals surface area contributed by atoms with Crippen LogP contribution in [0.5, 0.6) is 5.75 Å². The van der Waals surface area contributed by atoms with Crippen molar-refractivity contribution in [3.63, 3.8) is 0 Å². The second-order valence-corrected chi connectivity index (χ2v) is 7.27. The predicted octanol–water partition coefficient (Wildman–Crippen LogP) is 1.72. The lowest BCUT2D eigenvalue weighted by atomic mass is 10.0. The zero-order valence-electron chi connectivity index (χ0n) is 16.0. The van der Waals surface area contributed by atoms with E-state index in [0.717, 1.165) is 24.5 Å². The highest BCUT2D eigenvalue weighted by atomic mass is 16.6. The number of benzene rings is 1. The van der Waals surface area contributed by atoms with Crippen molar-refractivity contribution in [3.05, 3.63) is 54.4 Å². The summed E-state index contributed by atoms with van der Waals surface area (Å²) < 4.78 is 17.2. The number of ether oxygens (including phenoxy) is 3. The molecule has 0 bridgehead atoms. The minimum Gasteiger partial charge on any atom is -0.497 e. The number of carbonyl (C=O) groups is 1. The Hall–Kier alpha value is -2.48. The Bertz CT molecular complexity index is 799. The number of aromatic nitrogens is 1. The van der Waals surface area contributed by atoms with Crippen molar-refractivity contribution < 1.29 is 19.0 Å². The van der Waals surface area contributed by atoms with E-state index >= 15 is 0 Å². The molecule has 1 aromatic heterocycles. The summed E-state index contributed by atoms with van der Waals surface area (Å²) in [5, 5.41) is 0. The monoisotopic (exact) mass is 383 g/mol. The predicted molar refractivity (Wildman–Crippen MR) is 104 cm³/mol. The van der Waals surface area contributed by atoms with Gasteiger partial charge in [0.1, 0.15) is 18.0 Å². The average Bonchev–Trinajstić information content (AvgIpc) is 2.93. The largest absolute Gasteiger partial charge is 0.497 e. The van der Waals surface area contributed by atoms with E-state index in [9.17, 15) is 4.79 Å². The molecular formula is C21H25N3O4. The number of amides is 1. The molecule has 2 fully saturated rings. The van der Waals surface area contributed by atoms with Gasteiger partial charge in [0.15, 0.2) is 0 Å².